The van der Waals surface area contributed by atoms with Crippen molar-refractivity contribution in [3.8, 4) is 11.5 Å². The highest BCUT2D eigenvalue weighted by molar-refractivity contribution is 6.40. The van der Waals surface area contributed by atoms with Gasteiger partial charge in [0.25, 0.3) is 5.91 Å². The number of hydrogen-bond donors (Lipinski definition) is 2. The molecule has 0 heterocycles. The summed E-state index contributed by atoms with van der Waals surface area (Å²) in [5.41, 5.74) is 1.21. The highest BCUT2D eigenvalue weighted by Crippen LogP contribution is 2.34. The first-order chi connectivity index (χ1) is 9.93. The van der Waals surface area contributed by atoms with Crippen LogP contribution >= 0.6 is 23.2 Å². The van der Waals surface area contributed by atoms with Crippen molar-refractivity contribution in [1.29, 1.82) is 0 Å². The van der Waals surface area contributed by atoms with Crippen molar-refractivity contribution in [1.82, 2.24) is 0 Å². The summed E-state index contributed by atoms with van der Waals surface area (Å²) in [6, 6.07) is 7.79. The Kier molecular flexibility index (Phi) is 4.60. The first-order valence-electron chi connectivity index (χ1n) is 6.07. The number of carbonyl (C=O) groups is 1. The molecule has 0 aliphatic rings. The van der Waals surface area contributed by atoms with E-state index in [1.807, 2.05) is 0 Å². The van der Waals surface area contributed by atoms with E-state index in [4.69, 9.17) is 27.9 Å². The number of benzene rings is 2. The Bertz CT molecular complexity index is 702. The number of aryl methyl sites for hydroxylation is 1. The zero-order valence-corrected chi connectivity index (χ0v) is 12.9. The number of ether oxygens (including phenoxy) is 1. The number of rotatable bonds is 3. The third-order valence-corrected chi connectivity index (χ3v) is 3.77. The number of hydrogen-bond acceptors (Lipinski definition) is 3. The Hall–Kier alpha value is -1.91. The van der Waals surface area contributed by atoms with Crippen LogP contribution in [0.15, 0.2) is 30.3 Å². The van der Waals surface area contributed by atoms with Crippen LogP contribution in [0.5, 0.6) is 11.5 Å². The molecule has 0 bridgehead atoms. The molecule has 0 atom stereocenters. The molecule has 1 amide bonds. The monoisotopic (exact) mass is 325 g/mol. The van der Waals surface area contributed by atoms with E-state index in [1.54, 1.807) is 25.1 Å². The molecule has 21 heavy (non-hydrogen) atoms. The topological polar surface area (TPSA) is 58.6 Å². The number of aromatic hydroxyl groups is 1. The Morgan fingerprint density at radius 3 is 2.57 bits per heavy atom. The van der Waals surface area contributed by atoms with Crippen LogP contribution < -0.4 is 10.1 Å². The van der Waals surface area contributed by atoms with Gasteiger partial charge in [-0.05, 0) is 30.7 Å². The van der Waals surface area contributed by atoms with Crippen LogP contribution in [0.25, 0.3) is 0 Å². The number of phenolic OH excluding ortho intramolecular Hbond substituents is 1. The van der Waals surface area contributed by atoms with Crippen molar-refractivity contribution >= 4 is 34.8 Å². The molecule has 0 saturated heterocycles. The SMILES string of the molecule is COc1ccc(C(=O)Nc2c(Cl)ccc(C)c2Cl)c(O)c1. The van der Waals surface area contributed by atoms with Gasteiger partial charge in [-0.1, -0.05) is 29.3 Å². The maximum absolute atomic E-state index is 12.2. The van der Waals surface area contributed by atoms with Gasteiger partial charge in [0.1, 0.15) is 11.5 Å². The number of nitrogens with one attached hydrogen (secondary N) is 1. The first-order valence-corrected chi connectivity index (χ1v) is 6.82. The second-order valence-electron chi connectivity index (χ2n) is 4.39. The maximum atomic E-state index is 12.2. The van der Waals surface area contributed by atoms with E-state index in [0.29, 0.717) is 21.5 Å². The number of carbonyl (C=O) groups excluding carboxylic acids is 1. The Morgan fingerprint density at radius 2 is 1.95 bits per heavy atom. The van der Waals surface area contributed by atoms with E-state index in [1.165, 1.54) is 19.2 Å². The third-order valence-electron chi connectivity index (χ3n) is 2.97. The summed E-state index contributed by atoms with van der Waals surface area (Å²) in [5, 5.41) is 13.2. The summed E-state index contributed by atoms with van der Waals surface area (Å²) in [6.45, 7) is 1.80. The molecule has 4 nitrogen and oxygen atoms in total. The van der Waals surface area contributed by atoms with E-state index < -0.39 is 5.91 Å². The minimum absolute atomic E-state index is 0.101. The van der Waals surface area contributed by atoms with E-state index in [2.05, 4.69) is 5.32 Å². The molecule has 0 aliphatic heterocycles. The quantitative estimate of drug-likeness (QED) is 0.886. The van der Waals surface area contributed by atoms with Gasteiger partial charge in [-0.15, -0.1) is 0 Å². The predicted molar refractivity (Wildman–Crippen MR) is 83.8 cm³/mol. The molecule has 110 valence electrons. The minimum Gasteiger partial charge on any atom is -0.507 e. The van der Waals surface area contributed by atoms with Gasteiger partial charge in [-0.2, -0.15) is 0 Å². The van der Waals surface area contributed by atoms with E-state index in [-0.39, 0.29) is 11.3 Å². The fourth-order valence-electron chi connectivity index (χ4n) is 1.78. The number of phenols is 1. The lowest BCUT2D eigenvalue weighted by atomic mass is 10.1. The van der Waals surface area contributed by atoms with Crippen molar-refractivity contribution in [2.24, 2.45) is 0 Å². The van der Waals surface area contributed by atoms with Gasteiger partial charge in [0.15, 0.2) is 0 Å². The molecule has 6 heteroatoms. The molecule has 0 saturated carbocycles. The minimum atomic E-state index is -0.510. The predicted octanol–water partition coefficient (Wildman–Crippen LogP) is 4.27. The zero-order valence-electron chi connectivity index (χ0n) is 11.4. The average Bonchev–Trinajstić information content (AvgIpc) is 2.47. The highest BCUT2D eigenvalue weighted by atomic mass is 35.5. The van der Waals surface area contributed by atoms with Crippen LogP contribution in [0.3, 0.4) is 0 Å². The standard InChI is InChI=1S/C15H13Cl2NO3/c1-8-3-6-11(16)14(13(8)17)18-15(20)10-5-4-9(21-2)7-12(10)19/h3-7,19H,1-2H3,(H,18,20). The van der Waals surface area contributed by atoms with Gasteiger partial charge in [0, 0.05) is 6.07 Å². The lowest BCUT2D eigenvalue weighted by Crippen LogP contribution is -2.13. The Morgan fingerprint density at radius 1 is 1.24 bits per heavy atom. The molecule has 2 rings (SSSR count). The van der Waals surface area contributed by atoms with Gasteiger partial charge in [-0.3, -0.25) is 4.79 Å². The molecular weight excluding hydrogens is 313 g/mol. The van der Waals surface area contributed by atoms with Gasteiger partial charge >= 0.3 is 0 Å². The van der Waals surface area contributed by atoms with Gasteiger partial charge in [0.05, 0.1) is 28.4 Å². The third kappa shape index (κ3) is 3.23. The van der Waals surface area contributed by atoms with Crippen LogP contribution in [0.4, 0.5) is 5.69 Å². The van der Waals surface area contributed by atoms with Crippen molar-refractivity contribution in [2.45, 2.75) is 6.92 Å². The van der Waals surface area contributed by atoms with Crippen LogP contribution in [-0.4, -0.2) is 18.1 Å². The zero-order chi connectivity index (χ0) is 15.6. The molecule has 2 N–H and O–H groups in total. The number of anilines is 1. The summed E-state index contributed by atoms with van der Waals surface area (Å²) >= 11 is 12.2. The van der Waals surface area contributed by atoms with Gasteiger partial charge in [0.2, 0.25) is 0 Å². The van der Waals surface area contributed by atoms with E-state index in [9.17, 15) is 9.90 Å². The number of methoxy groups -OCH3 is 1. The van der Waals surface area contributed by atoms with Crippen LogP contribution in [0, 0.1) is 6.92 Å². The molecule has 0 spiro atoms. The normalized spacial score (nSPS) is 10.3. The number of halogens is 2. The lowest BCUT2D eigenvalue weighted by Gasteiger charge is -2.12. The molecule has 0 aliphatic carbocycles. The molecule has 0 unspecified atom stereocenters. The second-order valence-corrected chi connectivity index (χ2v) is 5.18. The smallest absolute Gasteiger partial charge is 0.259 e. The molecule has 0 fully saturated rings. The summed E-state index contributed by atoms with van der Waals surface area (Å²) in [7, 11) is 1.47. The van der Waals surface area contributed by atoms with E-state index in [0.717, 1.165) is 5.56 Å². The Balaban J connectivity index is 2.33. The largest absolute Gasteiger partial charge is 0.507 e. The maximum Gasteiger partial charge on any atom is 0.259 e. The molecule has 0 aromatic heterocycles. The van der Waals surface area contributed by atoms with Gasteiger partial charge < -0.3 is 15.2 Å². The molecular formula is C15H13Cl2NO3. The van der Waals surface area contributed by atoms with Crippen LogP contribution in [0.2, 0.25) is 10.0 Å². The summed E-state index contributed by atoms with van der Waals surface area (Å²) in [4.78, 5) is 12.2. The number of amides is 1. The van der Waals surface area contributed by atoms with Crippen molar-refractivity contribution in [3.05, 3.63) is 51.5 Å². The molecule has 2 aromatic rings. The van der Waals surface area contributed by atoms with Crippen molar-refractivity contribution in [3.63, 3.8) is 0 Å². The first kappa shape index (κ1) is 15.5. The highest BCUT2D eigenvalue weighted by Gasteiger charge is 2.16. The molecule has 0 radical (unpaired) electrons. The summed E-state index contributed by atoms with van der Waals surface area (Å²) in [5.74, 6) is -0.244. The van der Waals surface area contributed by atoms with Crippen molar-refractivity contribution in [2.75, 3.05) is 12.4 Å². The second kappa shape index (κ2) is 6.24. The summed E-state index contributed by atoms with van der Waals surface area (Å²) in [6.07, 6.45) is 0. The average molecular weight is 326 g/mol. The van der Waals surface area contributed by atoms with Crippen LogP contribution in [-0.2, 0) is 0 Å². The lowest BCUT2D eigenvalue weighted by molar-refractivity contribution is 0.102. The fourth-order valence-corrected chi connectivity index (χ4v) is 2.25. The van der Waals surface area contributed by atoms with Gasteiger partial charge in [-0.25, -0.2) is 0 Å². The molecule has 2 aromatic carbocycles. The van der Waals surface area contributed by atoms with Crippen LogP contribution in [0.1, 0.15) is 15.9 Å². The summed E-state index contributed by atoms with van der Waals surface area (Å²) < 4.78 is 4.97. The van der Waals surface area contributed by atoms with E-state index >= 15 is 0 Å². The van der Waals surface area contributed by atoms with Crippen molar-refractivity contribution < 1.29 is 14.6 Å². The fraction of sp³-hybridized carbons (Fsp3) is 0.133. The Labute approximate surface area is 132 Å².